The molecule has 0 atom stereocenters. The van der Waals surface area contributed by atoms with Gasteiger partial charge in [0.2, 0.25) is 0 Å². The maximum Gasteiger partial charge on any atom is 0.253 e. The molecule has 1 aromatic heterocycles. The molecule has 1 heterocycles. The fourth-order valence-corrected chi connectivity index (χ4v) is 2.35. The Labute approximate surface area is 97.2 Å². The number of hydrogen-bond donors (Lipinski definition) is 1. The van der Waals surface area contributed by atoms with Gasteiger partial charge in [0.25, 0.3) is 5.91 Å². The number of amides is 1. The first kappa shape index (κ1) is 11.8. The number of thiophene rings is 1. The van der Waals surface area contributed by atoms with Crippen LogP contribution < -0.4 is 5.32 Å². The minimum absolute atomic E-state index is 0.160. The molecular weight excluding hydrogens is 241 g/mol. The largest absolute Gasteiger partial charge is 0.352 e. The molecule has 78 valence electrons. The number of carbonyl (C=O) groups is 1. The first-order chi connectivity index (χ1) is 6.50. The topological polar surface area (TPSA) is 29.1 Å². The van der Waals surface area contributed by atoms with E-state index in [4.69, 9.17) is 23.2 Å². The van der Waals surface area contributed by atoms with E-state index in [0.717, 1.165) is 0 Å². The Balaban J connectivity index is 2.65. The zero-order chi connectivity index (χ0) is 10.7. The van der Waals surface area contributed by atoms with Crippen molar-refractivity contribution in [3.8, 4) is 0 Å². The highest BCUT2D eigenvalue weighted by Crippen LogP contribution is 2.30. The zero-order valence-corrected chi connectivity index (χ0v) is 10.3. The van der Waals surface area contributed by atoms with Gasteiger partial charge in [-0.15, -0.1) is 11.3 Å². The second kappa shape index (κ2) is 5.01. The molecule has 1 amide bonds. The van der Waals surface area contributed by atoms with Crippen LogP contribution in [0.2, 0.25) is 8.67 Å². The molecule has 0 saturated heterocycles. The van der Waals surface area contributed by atoms with Crippen LogP contribution in [-0.4, -0.2) is 12.5 Å². The summed E-state index contributed by atoms with van der Waals surface area (Å²) in [5.74, 6) is 0.263. The second-order valence-corrected chi connectivity index (χ2v) is 5.63. The second-order valence-electron chi connectivity index (χ2n) is 3.34. The Hall–Kier alpha value is -0.250. The van der Waals surface area contributed by atoms with Crippen LogP contribution in [-0.2, 0) is 0 Å². The quantitative estimate of drug-likeness (QED) is 0.877. The SMILES string of the molecule is CC(C)CNC(=O)c1cc(Cl)sc1Cl. The molecular formula is C9H11Cl2NOS. The van der Waals surface area contributed by atoms with E-state index in [9.17, 15) is 4.79 Å². The summed E-state index contributed by atoms with van der Waals surface area (Å²) in [4.78, 5) is 11.5. The molecule has 5 heteroatoms. The van der Waals surface area contributed by atoms with Crippen molar-refractivity contribution in [1.29, 1.82) is 0 Å². The highest BCUT2D eigenvalue weighted by Gasteiger charge is 2.13. The van der Waals surface area contributed by atoms with E-state index in [-0.39, 0.29) is 5.91 Å². The first-order valence-electron chi connectivity index (χ1n) is 4.23. The van der Waals surface area contributed by atoms with Gasteiger partial charge in [-0.25, -0.2) is 0 Å². The van der Waals surface area contributed by atoms with Crippen LogP contribution in [0.25, 0.3) is 0 Å². The summed E-state index contributed by atoms with van der Waals surface area (Å²) in [5, 5.41) is 2.78. The molecule has 0 bridgehead atoms. The van der Waals surface area contributed by atoms with Crippen molar-refractivity contribution in [2.45, 2.75) is 13.8 Å². The Morgan fingerprint density at radius 2 is 2.21 bits per heavy atom. The van der Waals surface area contributed by atoms with Crippen LogP contribution >= 0.6 is 34.5 Å². The summed E-state index contributed by atoms with van der Waals surface area (Å²) in [7, 11) is 0. The van der Waals surface area contributed by atoms with Gasteiger partial charge in [0.05, 0.1) is 9.90 Å². The summed E-state index contributed by atoms with van der Waals surface area (Å²) in [6.45, 7) is 4.70. The molecule has 0 aliphatic rings. The molecule has 2 nitrogen and oxygen atoms in total. The number of halogens is 2. The Morgan fingerprint density at radius 3 is 2.64 bits per heavy atom. The van der Waals surface area contributed by atoms with Crippen molar-refractivity contribution in [3.05, 3.63) is 20.3 Å². The minimum atomic E-state index is -0.160. The van der Waals surface area contributed by atoms with Gasteiger partial charge in [0.15, 0.2) is 0 Å². The lowest BCUT2D eigenvalue weighted by molar-refractivity contribution is 0.0949. The Kier molecular flexibility index (Phi) is 4.23. The molecule has 0 saturated carbocycles. The standard InChI is InChI=1S/C9H11Cl2NOS/c1-5(2)4-12-9(13)6-3-7(10)14-8(6)11/h3,5H,4H2,1-2H3,(H,12,13). The molecule has 0 unspecified atom stereocenters. The van der Waals surface area contributed by atoms with Crippen molar-refractivity contribution in [2.75, 3.05) is 6.54 Å². The van der Waals surface area contributed by atoms with Crippen LogP contribution in [0.15, 0.2) is 6.07 Å². The highest BCUT2D eigenvalue weighted by molar-refractivity contribution is 7.20. The normalized spacial score (nSPS) is 10.6. The van der Waals surface area contributed by atoms with E-state index in [1.165, 1.54) is 11.3 Å². The van der Waals surface area contributed by atoms with Gasteiger partial charge >= 0.3 is 0 Å². The van der Waals surface area contributed by atoms with Gasteiger partial charge in [-0.05, 0) is 12.0 Å². The minimum Gasteiger partial charge on any atom is -0.352 e. The van der Waals surface area contributed by atoms with E-state index in [0.29, 0.717) is 26.7 Å². The van der Waals surface area contributed by atoms with E-state index < -0.39 is 0 Å². The van der Waals surface area contributed by atoms with Crippen molar-refractivity contribution >= 4 is 40.4 Å². The van der Waals surface area contributed by atoms with E-state index >= 15 is 0 Å². The molecule has 0 aliphatic carbocycles. The van der Waals surface area contributed by atoms with Crippen molar-refractivity contribution in [3.63, 3.8) is 0 Å². The number of nitrogens with one attached hydrogen (secondary N) is 1. The number of carbonyl (C=O) groups excluding carboxylic acids is 1. The van der Waals surface area contributed by atoms with E-state index in [2.05, 4.69) is 5.32 Å². The third-order valence-electron chi connectivity index (χ3n) is 1.57. The molecule has 0 aromatic carbocycles. The van der Waals surface area contributed by atoms with Gasteiger partial charge in [-0.3, -0.25) is 4.79 Å². The van der Waals surface area contributed by atoms with Crippen LogP contribution in [0.3, 0.4) is 0 Å². The zero-order valence-electron chi connectivity index (χ0n) is 7.93. The molecule has 0 fully saturated rings. The number of rotatable bonds is 3. The van der Waals surface area contributed by atoms with Crippen molar-refractivity contribution in [1.82, 2.24) is 5.32 Å². The first-order valence-corrected chi connectivity index (χ1v) is 5.81. The van der Waals surface area contributed by atoms with Crippen molar-refractivity contribution < 1.29 is 4.79 Å². The molecule has 1 N–H and O–H groups in total. The third kappa shape index (κ3) is 3.15. The fourth-order valence-electron chi connectivity index (χ4n) is 0.887. The molecule has 1 aromatic rings. The summed E-state index contributed by atoms with van der Waals surface area (Å²) in [5.41, 5.74) is 0.460. The van der Waals surface area contributed by atoms with Crippen molar-refractivity contribution in [2.24, 2.45) is 5.92 Å². The average molecular weight is 252 g/mol. The van der Waals surface area contributed by atoms with E-state index in [1.807, 2.05) is 13.8 Å². The highest BCUT2D eigenvalue weighted by atomic mass is 35.5. The lowest BCUT2D eigenvalue weighted by Gasteiger charge is -2.06. The molecule has 14 heavy (non-hydrogen) atoms. The van der Waals surface area contributed by atoms with Gasteiger partial charge in [0.1, 0.15) is 4.34 Å². The monoisotopic (exact) mass is 251 g/mol. The summed E-state index contributed by atoms with van der Waals surface area (Å²) in [6, 6.07) is 1.59. The predicted molar refractivity (Wildman–Crippen MR) is 61.5 cm³/mol. The maximum absolute atomic E-state index is 11.5. The van der Waals surface area contributed by atoms with Crippen LogP contribution in [0, 0.1) is 5.92 Å². The average Bonchev–Trinajstić information content (AvgIpc) is 2.41. The summed E-state index contributed by atoms with van der Waals surface area (Å²) in [6.07, 6.45) is 0. The maximum atomic E-state index is 11.5. The smallest absolute Gasteiger partial charge is 0.253 e. The molecule has 1 rings (SSSR count). The van der Waals surface area contributed by atoms with Gasteiger partial charge < -0.3 is 5.32 Å². The Bertz CT molecular complexity index is 336. The summed E-state index contributed by atoms with van der Waals surface area (Å²) < 4.78 is 0.973. The van der Waals surface area contributed by atoms with Gasteiger partial charge in [0, 0.05) is 6.54 Å². The third-order valence-corrected chi connectivity index (χ3v) is 3.06. The van der Waals surface area contributed by atoms with Gasteiger partial charge in [-0.1, -0.05) is 37.0 Å². The van der Waals surface area contributed by atoms with Crippen LogP contribution in [0.1, 0.15) is 24.2 Å². The lowest BCUT2D eigenvalue weighted by Crippen LogP contribution is -2.27. The molecule has 0 aliphatic heterocycles. The molecule has 0 radical (unpaired) electrons. The fraction of sp³-hybridized carbons (Fsp3) is 0.444. The molecule has 0 spiro atoms. The summed E-state index contributed by atoms with van der Waals surface area (Å²) >= 11 is 12.8. The predicted octanol–water partition coefficient (Wildman–Crippen LogP) is 3.44. The Morgan fingerprint density at radius 1 is 1.57 bits per heavy atom. The van der Waals surface area contributed by atoms with Gasteiger partial charge in [-0.2, -0.15) is 0 Å². The van der Waals surface area contributed by atoms with E-state index in [1.54, 1.807) is 6.07 Å². The van der Waals surface area contributed by atoms with Crippen LogP contribution in [0.4, 0.5) is 0 Å². The van der Waals surface area contributed by atoms with Crippen LogP contribution in [0.5, 0.6) is 0 Å². The lowest BCUT2D eigenvalue weighted by atomic mass is 10.2. The number of hydrogen-bond acceptors (Lipinski definition) is 2.